The standard InChI is InChI=1S/C10H13ClN2O/c1-8-3-4-9(7-12-8)10(14)13(2)6-5-11/h3-4,7H,5-6H2,1-2H3. The van der Waals surface area contributed by atoms with Gasteiger partial charge in [0.25, 0.3) is 5.91 Å². The zero-order valence-corrected chi connectivity index (χ0v) is 9.08. The normalized spacial score (nSPS) is 9.93. The van der Waals surface area contributed by atoms with Gasteiger partial charge in [0.2, 0.25) is 0 Å². The lowest BCUT2D eigenvalue weighted by atomic mass is 10.2. The van der Waals surface area contributed by atoms with Crippen LogP contribution in [0.1, 0.15) is 16.1 Å². The van der Waals surface area contributed by atoms with E-state index in [9.17, 15) is 4.79 Å². The third kappa shape index (κ3) is 2.70. The summed E-state index contributed by atoms with van der Waals surface area (Å²) in [6, 6.07) is 3.59. The van der Waals surface area contributed by atoms with Crippen LogP contribution in [0.15, 0.2) is 18.3 Å². The van der Waals surface area contributed by atoms with Crippen LogP contribution < -0.4 is 0 Å². The summed E-state index contributed by atoms with van der Waals surface area (Å²) in [6.45, 7) is 2.44. The number of carbonyl (C=O) groups excluding carboxylic acids is 1. The molecule has 1 heterocycles. The fourth-order valence-corrected chi connectivity index (χ4v) is 1.30. The molecule has 0 radical (unpaired) electrons. The van der Waals surface area contributed by atoms with E-state index in [-0.39, 0.29) is 5.91 Å². The SMILES string of the molecule is Cc1ccc(C(=O)N(C)CCCl)cn1. The number of hydrogen-bond acceptors (Lipinski definition) is 2. The Kier molecular flexibility index (Phi) is 3.89. The van der Waals surface area contributed by atoms with Gasteiger partial charge in [0.15, 0.2) is 0 Å². The van der Waals surface area contributed by atoms with Crippen molar-refractivity contribution in [2.24, 2.45) is 0 Å². The molecule has 1 amide bonds. The second kappa shape index (κ2) is 4.96. The van der Waals surface area contributed by atoms with Gasteiger partial charge in [-0.25, -0.2) is 0 Å². The van der Waals surface area contributed by atoms with Crippen LogP contribution in [0.4, 0.5) is 0 Å². The summed E-state index contributed by atoms with van der Waals surface area (Å²) in [5.74, 6) is 0.403. The average molecular weight is 213 g/mol. The third-order valence-electron chi connectivity index (χ3n) is 1.92. The number of aromatic nitrogens is 1. The minimum absolute atomic E-state index is 0.0434. The Morgan fingerprint density at radius 2 is 2.29 bits per heavy atom. The molecule has 1 aromatic rings. The summed E-state index contributed by atoms with van der Waals surface area (Å²) in [4.78, 5) is 17.3. The van der Waals surface area contributed by atoms with Crippen LogP contribution in [0.5, 0.6) is 0 Å². The first-order chi connectivity index (χ1) is 6.65. The molecule has 0 saturated heterocycles. The first-order valence-electron chi connectivity index (χ1n) is 4.39. The highest BCUT2D eigenvalue weighted by molar-refractivity contribution is 6.18. The summed E-state index contributed by atoms with van der Waals surface area (Å²) in [6.07, 6.45) is 1.59. The van der Waals surface area contributed by atoms with Gasteiger partial charge >= 0.3 is 0 Å². The predicted molar refractivity (Wildman–Crippen MR) is 56.7 cm³/mol. The van der Waals surface area contributed by atoms with E-state index in [0.29, 0.717) is 18.0 Å². The van der Waals surface area contributed by atoms with Crippen LogP contribution in [0.3, 0.4) is 0 Å². The van der Waals surface area contributed by atoms with E-state index >= 15 is 0 Å². The Bertz CT molecular complexity index is 310. The molecule has 0 spiro atoms. The molecule has 0 aromatic carbocycles. The largest absolute Gasteiger partial charge is 0.340 e. The smallest absolute Gasteiger partial charge is 0.255 e. The number of nitrogens with zero attached hydrogens (tertiary/aromatic N) is 2. The zero-order valence-electron chi connectivity index (χ0n) is 8.33. The minimum atomic E-state index is -0.0434. The second-order valence-electron chi connectivity index (χ2n) is 3.10. The lowest BCUT2D eigenvalue weighted by molar-refractivity contribution is 0.0803. The molecule has 0 bridgehead atoms. The Labute approximate surface area is 88.7 Å². The first-order valence-corrected chi connectivity index (χ1v) is 4.92. The molecule has 76 valence electrons. The fourth-order valence-electron chi connectivity index (χ4n) is 1.04. The number of aryl methyl sites for hydroxylation is 1. The van der Waals surface area contributed by atoms with Crippen LogP contribution in [0, 0.1) is 6.92 Å². The Balaban J connectivity index is 2.74. The molecule has 0 fully saturated rings. The second-order valence-corrected chi connectivity index (χ2v) is 3.48. The van der Waals surface area contributed by atoms with Crippen LogP contribution in [0.2, 0.25) is 0 Å². The lowest BCUT2D eigenvalue weighted by Crippen LogP contribution is -2.28. The Morgan fingerprint density at radius 1 is 1.57 bits per heavy atom. The maximum absolute atomic E-state index is 11.7. The Hall–Kier alpha value is -1.09. The van der Waals surface area contributed by atoms with Crippen LogP contribution >= 0.6 is 11.6 Å². The van der Waals surface area contributed by atoms with E-state index in [1.807, 2.05) is 13.0 Å². The third-order valence-corrected chi connectivity index (χ3v) is 2.09. The maximum atomic E-state index is 11.7. The summed E-state index contributed by atoms with van der Waals surface area (Å²) in [7, 11) is 1.73. The highest BCUT2D eigenvalue weighted by Crippen LogP contribution is 2.03. The number of hydrogen-bond donors (Lipinski definition) is 0. The summed E-state index contributed by atoms with van der Waals surface area (Å²) in [5.41, 5.74) is 1.50. The van der Waals surface area contributed by atoms with Crippen molar-refractivity contribution in [1.29, 1.82) is 0 Å². The van der Waals surface area contributed by atoms with E-state index < -0.39 is 0 Å². The van der Waals surface area contributed by atoms with Gasteiger partial charge in [-0.2, -0.15) is 0 Å². The summed E-state index contributed by atoms with van der Waals surface area (Å²) in [5, 5.41) is 0. The number of pyridine rings is 1. The molecule has 0 atom stereocenters. The molecule has 4 heteroatoms. The van der Waals surface area contributed by atoms with Gasteiger partial charge in [-0.15, -0.1) is 11.6 Å². The van der Waals surface area contributed by atoms with Crippen LogP contribution in [-0.2, 0) is 0 Å². The minimum Gasteiger partial charge on any atom is -0.340 e. The van der Waals surface area contributed by atoms with Gasteiger partial charge in [0, 0.05) is 31.4 Å². The molecule has 0 N–H and O–H groups in total. The van der Waals surface area contributed by atoms with E-state index in [0.717, 1.165) is 5.69 Å². The number of alkyl halides is 1. The first kappa shape index (κ1) is 11.0. The van der Waals surface area contributed by atoms with Crippen LogP contribution in [0.25, 0.3) is 0 Å². The van der Waals surface area contributed by atoms with E-state index in [1.165, 1.54) is 0 Å². The van der Waals surface area contributed by atoms with Gasteiger partial charge in [0.05, 0.1) is 5.56 Å². The molecule has 0 aliphatic carbocycles. The van der Waals surface area contributed by atoms with E-state index in [1.54, 1.807) is 24.2 Å². The van der Waals surface area contributed by atoms with Gasteiger partial charge < -0.3 is 4.90 Å². The predicted octanol–water partition coefficient (Wildman–Crippen LogP) is 1.70. The van der Waals surface area contributed by atoms with Gasteiger partial charge in [-0.1, -0.05) is 0 Å². The highest BCUT2D eigenvalue weighted by Gasteiger charge is 2.10. The lowest BCUT2D eigenvalue weighted by Gasteiger charge is -2.15. The fraction of sp³-hybridized carbons (Fsp3) is 0.400. The average Bonchev–Trinajstić information content (AvgIpc) is 2.18. The van der Waals surface area contributed by atoms with E-state index in [4.69, 9.17) is 11.6 Å². The quantitative estimate of drug-likeness (QED) is 0.715. The zero-order chi connectivity index (χ0) is 10.6. The molecule has 3 nitrogen and oxygen atoms in total. The van der Waals surface area contributed by atoms with Crippen molar-refractivity contribution in [3.63, 3.8) is 0 Å². The van der Waals surface area contributed by atoms with Crippen molar-refractivity contribution >= 4 is 17.5 Å². The molecular formula is C10H13ClN2O. The number of carbonyl (C=O) groups is 1. The molecule has 0 saturated carbocycles. The number of amides is 1. The molecule has 0 unspecified atom stereocenters. The van der Waals surface area contributed by atoms with Crippen molar-refractivity contribution in [3.8, 4) is 0 Å². The molecule has 14 heavy (non-hydrogen) atoms. The van der Waals surface area contributed by atoms with Crippen molar-refractivity contribution in [2.45, 2.75) is 6.92 Å². The van der Waals surface area contributed by atoms with Crippen molar-refractivity contribution < 1.29 is 4.79 Å². The molecule has 1 rings (SSSR count). The van der Waals surface area contributed by atoms with Crippen LogP contribution in [-0.4, -0.2) is 35.3 Å². The van der Waals surface area contributed by atoms with Gasteiger partial charge in [-0.05, 0) is 19.1 Å². The molecule has 0 aliphatic rings. The van der Waals surface area contributed by atoms with Crippen molar-refractivity contribution in [3.05, 3.63) is 29.6 Å². The number of halogens is 1. The highest BCUT2D eigenvalue weighted by atomic mass is 35.5. The maximum Gasteiger partial charge on any atom is 0.255 e. The topological polar surface area (TPSA) is 33.2 Å². The number of rotatable bonds is 3. The van der Waals surface area contributed by atoms with Gasteiger partial charge in [0.1, 0.15) is 0 Å². The molecular weight excluding hydrogens is 200 g/mol. The van der Waals surface area contributed by atoms with Crippen molar-refractivity contribution in [1.82, 2.24) is 9.88 Å². The monoisotopic (exact) mass is 212 g/mol. The Morgan fingerprint density at radius 3 is 2.79 bits per heavy atom. The summed E-state index contributed by atoms with van der Waals surface area (Å²) < 4.78 is 0. The van der Waals surface area contributed by atoms with Crippen molar-refractivity contribution in [2.75, 3.05) is 19.5 Å². The molecule has 1 aromatic heterocycles. The molecule has 0 aliphatic heterocycles. The van der Waals surface area contributed by atoms with E-state index in [2.05, 4.69) is 4.98 Å². The summed E-state index contributed by atoms with van der Waals surface area (Å²) >= 11 is 5.54. The van der Waals surface area contributed by atoms with Gasteiger partial charge in [-0.3, -0.25) is 9.78 Å².